The maximum Gasteiger partial charge on any atom is 0.338 e. The molecular weight excluding hydrogens is 382 g/mol. The van der Waals surface area contributed by atoms with Crippen LogP contribution in [0.5, 0.6) is 0 Å². The van der Waals surface area contributed by atoms with Crippen molar-refractivity contribution in [1.29, 1.82) is 0 Å². The van der Waals surface area contributed by atoms with E-state index in [0.29, 0.717) is 16.9 Å². The number of hydrogen-bond donors (Lipinski definition) is 1. The van der Waals surface area contributed by atoms with Gasteiger partial charge >= 0.3 is 5.97 Å². The van der Waals surface area contributed by atoms with Gasteiger partial charge in [0.25, 0.3) is 5.91 Å². The van der Waals surface area contributed by atoms with Gasteiger partial charge in [-0.15, -0.1) is 0 Å². The predicted octanol–water partition coefficient (Wildman–Crippen LogP) is 3.45. The van der Waals surface area contributed by atoms with Gasteiger partial charge in [-0.3, -0.25) is 9.59 Å². The fourth-order valence-corrected chi connectivity index (χ4v) is 3.65. The maximum atomic E-state index is 12.9. The summed E-state index contributed by atoms with van der Waals surface area (Å²) in [5.41, 5.74) is 2.58. The van der Waals surface area contributed by atoms with Gasteiger partial charge in [0.1, 0.15) is 0 Å². The Labute approximate surface area is 176 Å². The molecule has 0 aliphatic carbocycles. The molecule has 1 heterocycles. The van der Waals surface area contributed by atoms with Crippen LogP contribution in [0.15, 0.2) is 48.5 Å². The first-order chi connectivity index (χ1) is 14.4. The molecule has 30 heavy (non-hydrogen) atoms. The highest BCUT2D eigenvalue weighted by molar-refractivity contribution is 6.05. The molecule has 3 rings (SSSR count). The molecule has 7 nitrogen and oxygen atoms in total. The van der Waals surface area contributed by atoms with Gasteiger partial charge in [0.05, 0.1) is 16.9 Å². The first-order valence-corrected chi connectivity index (χ1v) is 10.2. The lowest BCUT2D eigenvalue weighted by molar-refractivity contribution is -0.122. The highest BCUT2D eigenvalue weighted by Gasteiger charge is 2.30. The molecule has 1 unspecified atom stereocenters. The van der Waals surface area contributed by atoms with Crippen molar-refractivity contribution in [3.63, 3.8) is 0 Å². The number of amides is 2. The van der Waals surface area contributed by atoms with E-state index >= 15 is 0 Å². The molecule has 158 valence electrons. The van der Waals surface area contributed by atoms with E-state index in [0.717, 1.165) is 18.8 Å². The molecule has 2 amide bonds. The zero-order valence-corrected chi connectivity index (χ0v) is 17.6. The number of carbonyl (C=O) groups excluding carboxylic acids is 3. The van der Waals surface area contributed by atoms with Crippen LogP contribution >= 0.6 is 0 Å². The minimum absolute atomic E-state index is 0.157. The fourth-order valence-electron chi connectivity index (χ4n) is 3.65. The molecule has 2 aromatic carbocycles. The largest absolute Gasteiger partial charge is 0.452 e. The molecule has 0 aromatic heterocycles. The average molecular weight is 409 g/mol. The number of hydrogen-bond acceptors (Lipinski definition) is 5. The Hall–Kier alpha value is -3.35. The molecule has 0 fully saturated rings. The van der Waals surface area contributed by atoms with Crippen LogP contribution in [0.3, 0.4) is 0 Å². The van der Waals surface area contributed by atoms with Crippen LogP contribution in [-0.2, 0) is 14.3 Å². The number of ether oxygens (including phenoxy) is 1. The normalized spacial score (nSPS) is 15.6. The fraction of sp³-hybridized carbons (Fsp3) is 0.348. The number of nitrogens with zero attached hydrogens (tertiary/aromatic N) is 2. The lowest BCUT2D eigenvalue weighted by Gasteiger charge is -2.27. The van der Waals surface area contributed by atoms with Crippen molar-refractivity contribution in [2.45, 2.75) is 33.2 Å². The molecule has 1 N–H and O–H groups in total. The van der Waals surface area contributed by atoms with E-state index in [4.69, 9.17) is 4.74 Å². The SMILES string of the molecule is CCN(CC)c1ccc(C(=O)OCC(=O)N2c3ccccc3NC(=O)CC2C)cc1. The number of carbonyl (C=O) groups is 3. The van der Waals surface area contributed by atoms with Gasteiger partial charge in [-0.1, -0.05) is 12.1 Å². The summed E-state index contributed by atoms with van der Waals surface area (Å²) >= 11 is 0. The van der Waals surface area contributed by atoms with Crippen molar-refractivity contribution in [2.75, 3.05) is 34.8 Å². The molecule has 1 aliphatic rings. The number of rotatable bonds is 6. The number of anilines is 3. The highest BCUT2D eigenvalue weighted by Crippen LogP contribution is 2.31. The van der Waals surface area contributed by atoms with Gasteiger partial charge in [-0.25, -0.2) is 4.79 Å². The van der Waals surface area contributed by atoms with E-state index in [1.807, 2.05) is 12.1 Å². The van der Waals surface area contributed by atoms with Crippen molar-refractivity contribution >= 4 is 34.8 Å². The molecule has 0 saturated heterocycles. The van der Waals surface area contributed by atoms with Crippen LogP contribution in [0.4, 0.5) is 17.1 Å². The summed E-state index contributed by atoms with van der Waals surface area (Å²) in [4.78, 5) is 41.1. The van der Waals surface area contributed by atoms with Gasteiger partial charge in [0, 0.05) is 31.2 Å². The van der Waals surface area contributed by atoms with Gasteiger partial charge in [-0.05, 0) is 57.2 Å². The number of nitrogens with one attached hydrogen (secondary N) is 1. The maximum absolute atomic E-state index is 12.9. The summed E-state index contributed by atoms with van der Waals surface area (Å²) in [6, 6.07) is 13.9. The van der Waals surface area contributed by atoms with E-state index in [2.05, 4.69) is 24.1 Å². The van der Waals surface area contributed by atoms with E-state index in [9.17, 15) is 14.4 Å². The van der Waals surface area contributed by atoms with Gasteiger partial charge in [-0.2, -0.15) is 0 Å². The van der Waals surface area contributed by atoms with Crippen molar-refractivity contribution in [2.24, 2.45) is 0 Å². The molecule has 0 spiro atoms. The molecule has 0 saturated carbocycles. The third kappa shape index (κ3) is 4.62. The first kappa shape index (κ1) is 21.4. The van der Waals surface area contributed by atoms with Crippen LogP contribution in [0.2, 0.25) is 0 Å². The summed E-state index contributed by atoms with van der Waals surface area (Å²) in [7, 11) is 0. The molecule has 0 radical (unpaired) electrons. The Morgan fingerprint density at radius 1 is 1.10 bits per heavy atom. The van der Waals surface area contributed by atoms with Crippen molar-refractivity contribution in [3.8, 4) is 0 Å². The molecular formula is C23H27N3O4. The van der Waals surface area contributed by atoms with Crippen LogP contribution in [0.1, 0.15) is 37.6 Å². The zero-order valence-electron chi connectivity index (χ0n) is 17.6. The summed E-state index contributed by atoms with van der Waals surface area (Å²) < 4.78 is 5.28. The van der Waals surface area contributed by atoms with Crippen molar-refractivity contribution in [1.82, 2.24) is 0 Å². The number of fused-ring (bicyclic) bond motifs is 1. The molecule has 1 atom stereocenters. The Kier molecular flexibility index (Phi) is 6.72. The number of benzene rings is 2. The monoisotopic (exact) mass is 409 g/mol. The van der Waals surface area contributed by atoms with Crippen LogP contribution in [0.25, 0.3) is 0 Å². The minimum Gasteiger partial charge on any atom is -0.452 e. The Bertz CT molecular complexity index is 922. The van der Waals surface area contributed by atoms with Crippen molar-refractivity contribution < 1.29 is 19.1 Å². The van der Waals surface area contributed by atoms with Crippen molar-refractivity contribution in [3.05, 3.63) is 54.1 Å². The second-order valence-electron chi connectivity index (χ2n) is 7.18. The summed E-state index contributed by atoms with van der Waals surface area (Å²) in [6.07, 6.45) is 0.168. The van der Waals surface area contributed by atoms with E-state index in [1.165, 1.54) is 4.90 Å². The topological polar surface area (TPSA) is 79.0 Å². The second-order valence-corrected chi connectivity index (χ2v) is 7.18. The molecule has 2 aromatic rings. The second kappa shape index (κ2) is 9.43. The minimum atomic E-state index is -0.556. The van der Waals surface area contributed by atoms with Crippen LogP contribution < -0.4 is 15.1 Å². The van der Waals surface area contributed by atoms with Crippen LogP contribution in [0, 0.1) is 0 Å². The summed E-state index contributed by atoms with van der Waals surface area (Å²) in [5, 5.41) is 2.81. The number of esters is 1. The van der Waals surface area contributed by atoms with Gasteiger partial charge in [0.2, 0.25) is 5.91 Å². The summed E-state index contributed by atoms with van der Waals surface area (Å²) in [6.45, 7) is 7.30. The van der Waals surface area contributed by atoms with Crippen LogP contribution in [-0.4, -0.2) is 43.5 Å². The zero-order chi connectivity index (χ0) is 21.7. The Balaban J connectivity index is 1.69. The van der Waals surface area contributed by atoms with E-state index in [-0.39, 0.29) is 24.3 Å². The lowest BCUT2D eigenvalue weighted by atomic mass is 10.1. The van der Waals surface area contributed by atoms with E-state index in [1.54, 1.807) is 43.3 Å². The van der Waals surface area contributed by atoms with Gasteiger partial charge in [0.15, 0.2) is 6.61 Å². The predicted molar refractivity (Wildman–Crippen MR) is 117 cm³/mol. The first-order valence-electron chi connectivity index (χ1n) is 10.2. The quantitative estimate of drug-likeness (QED) is 0.740. The summed E-state index contributed by atoms with van der Waals surface area (Å²) in [5.74, 6) is -1.09. The average Bonchev–Trinajstić information content (AvgIpc) is 2.87. The lowest BCUT2D eigenvalue weighted by Crippen LogP contribution is -2.41. The third-order valence-electron chi connectivity index (χ3n) is 5.19. The molecule has 1 aliphatic heterocycles. The number of para-hydroxylation sites is 2. The Morgan fingerprint density at radius 2 is 1.77 bits per heavy atom. The highest BCUT2D eigenvalue weighted by atomic mass is 16.5. The standard InChI is InChI=1S/C23H27N3O4/c1-4-25(5-2)18-12-10-17(11-13-18)23(29)30-15-22(28)26-16(3)14-21(27)24-19-8-6-7-9-20(19)26/h6-13,16H,4-5,14-15H2,1-3H3,(H,24,27). The van der Waals surface area contributed by atoms with E-state index < -0.39 is 12.6 Å². The third-order valence-corrected chi connectivity index (χ3v) is 5.19. The molecule has 7 heteroatoms. The Morgan fingerprint density at radius 3 is 2.43 bits per heavy atom. The van der Waals surface area contributed by atoms with Gasteiger partial charge < -0.3 is 19.9 Å². The smallest absolute Gasteiger partial charge is 0.338 e. The molecule has 0 bridgehead atoms.